The molecule has 1 rings (SSSR count). The first-order valence-electron chi connectivity index (χ1n) is 6.07. The molecule has 6 nitrogen and oxygen atoms in total. The van der Waals surface area contributed by atoms with Crippen LogP contribution >= 0.6 is 0 Å². The van der Waals surface area contributed by atoms with Gasteiger partial charge in [0, 0.05) is 6.07 Å². The fraction of sp³-hybridized carbons (Fsp3) is 0.462. The number of ether oxygens (including phenoxy) is 2. The van der Waals surface area contributed by atoms with Gasteiger partial charge in [-0.25, -0.2) is 4.79 Å². The first-order valence-corrected chi connectivity index (χ1v) is 6.07. The van der Waals surface area contributed by atoms with Gasteiger partial charge in [0.15, 0.2) is 11.9 Å². The standard InChI is InChI=1S/C13H17NO5/c1-4-11(13(15)18-5-2)19-12-7-6-9(3)8-10(12)14(16)17/h6-8,11H,4-5H2,1-3H3. The minimum absolute atomic E-state index is 0.0792. The number of benzene rings is 1. The first kappa shape index (κ1) is 14.9. The molecule has 104 valence electrons. The lowest BCUT2D eigenvalue weighted by Gasteiger charge is -2.16. The smallest absolute Gasteiger partial charge is 0.347 e. The Bertz CT molecular complexity index is 472. The van der Waals surface area contributed by atoms with Crippen LogP contribution in [0.5, 0.6) is 5.75 Å². The van der Waals surface area contributed by atoms with Crippen LogP contribution in [0.1, 0.15) is 25.8 Å². The van der Waals surface area contributed by atoms with Crippen molar-refractivity contribution in [3.05, 3.63) is 33.9 Å². The van der Waals surface area contributed by atoms with Gasteiger partial charge in [0.2, 0.25) is 0 Å². The minimum atomic E-state index is -0.832. The summed E-state index contributed by atoms with van der Waals surface area (Å²) in [6.45, 7) is 5.44. The Morgan fingerprint density at radius 1 is 1.42 bits per heavy atom. The second-order valence-corrected chi connectivity index (χ2v) is 4.00. The number of aryl methyl sites for hydroxylation is 1. The van der Waals surface area contributed by atoms with E-state index in [1.54, 1.807) is 26.8 Å². The van der Waals surface area contributed by atoms with Gasteiger partial charge in [0.1, 0.15) is 0 Å². The second-order valence-electron chi connectivity index (χ2n) is 4.00. The van der Waals surface area contributed by atoms with Crippen molar-refractivity contribution in [3.63, 3.8) is 0 Å². The highest BCUT2D eigenvalue weighted by Gasteiger charge is 2.24. The molecule has 0 saturated carbocycles. The molecule has 0 saturated heterocycles. The number of nitro benzene ring substituents is 1. The molecule has 0 radical (unpaired) electrons. The quantitative estimate of drug-likeness (QED) is 0.449. The van der Waals surface area contributed by atoms with E-state index in [1.165, 1.54) is 12.1 Å². The maximum atomic E-state index is 11.6. The van der Waals surface area contributed by atoms with Gasteiger partial charge in [0.25, 0.3) is 0 Å². The van der Waals surface area contributed by atoms with E-state index in [0.29, 0.717) is 6.42 Å². The van der Waals surface area contributed by atoms with Crippen LogP contribution in [0.3, 0.4) is 0 Å². The fourth-order valence-corrected chi connectivity index (χ4v) is 1.56. The van der Waals surface area contributed by atoms with E-state index in [2.05, 4.69) is 0 Å². The van der Waals surface area contributed by atoms with E-state index in [9.17, 15) is 14.9 Å². The first-order chi connectivity index (χ1) is 8.99. The number of esters is 1. The molecule has 0 aliphatic carbocycles. The Balaban J connectivity index is 2.97. The van der Waals surface area contributed by atoms with Crippen molar-refractivity contribution in [2.45, 2.75) is 33.3 Å². The number of hydrogen-bond acceptors (Lipinski definition) is 5. The van der Waals surface area contributed by atoms with Crippen molar-refractivity contribution in [1.82, 2.24) is 0 Å². The summed E-state index contributed by atoms with van der Waals surface area (Å²) in [5, 5.41) is 10.9. The van der Waals surface area contributed by atoms with E-state index in [1.807, 2.05) is 0 Å². The summed E-state index contributed by atoms with van der Waals surface area (Å²) in [7, 11) is 0. The Hall–Kier alpha value is -2.11. The summed E-state index contributed by atoms with van der Waals surface area (Å²) in [6, 6.07) is 4.60. The largest absolute Gasteiger partial charge is 0.472 e. The van der Waals surface area contributed by atoms with Gasteiger partial charge in [-0.2, -0.15) is 0 Å². The summed E-state index contributed by atoms with van der Waals surface area (Å²) >= 11 is 0. The summed E-state index contributed by atoms with van der Waals surface area (Å²) in [6.07, 6.45) is -0.453. The molecule has 0 N–H and O–H groups in total. The van der Waals surface area contributed by atoms with Gasteiger partial charge in [0.05, 0.1) is 11.5 Å². The lowest BCUT2D eigenvalue weighted by atomic mass is 10.2. The van der Waals surface area contributed by atoms with Crippen molar-refractivity contribution in [1.29, 1.82) is 0 Å². The average molecular weight is 267 g/mol. The van der Waals surface area contributed by atoms with E-state index < -0.39 is 17.0 Å². The van der Waals surface area contributed by atoms with Gasteiger partial charge in [-0.3, -0.25) is 10.1 Å². The molecular weight excluding hydrogens is 250 g/mol. The highest BCUT2D eigenvalue weighted by molar-refractivity contribution is 5.75. The predicted octanol–water partition coefficient (Wildman–Crippen LogP) is 2.62. The maximum Gasteiger partial charge on any atom is 0.347 e. The topological polar surface area (TPSA) is 78.7 Å². The van der Waals surface area contributed by atoms with Crippen molar-refractivity contribution in [2.75, 3.05) is 6.61 Å². The summed E-state index contributed by atoms with van der Waals surface area (Å²) in [4.78, 5) is 22.0. The number of nitro groups is 1. The molecular formula is C13H17NO5. The molecule has 0 fully saturated rings. The molecule has 1 unspecified atom stereocenters. The third-order valence-corrected chi connectivity index (χ3v) is 2.50. The molecule has 0 heterocycles. The predicted molar refractivity (Wildman–Crippen MR) is 69.2 cm³/mol. The van der Waals surface area contributed by atoms with Gasteiger partial charge in [-0.15, -0.1) is 0 Å². The Morgan fingerprint density at radius 2 is 2.11 bits per heavy atom. The lowest BCUT2D eigenvalue weighted by molar-refractivity contribution is -0.386. The fourth-order valence-electron chi connectivity index (χ4n) is 1.56. The molecule has 0 spiro atoms. The van der Waals surface area contributed by atoms with Gasteiger partial charge >= 0.3 is 11.7 Å². The molecule has 1 aromatic carbocycles. The van der Waals surface area contributed by atoms with Crippen LogP contribution in [0.2, 0.25) is 0 Å². The number of carbonyl (C=O) groups is 1. The molecule has 0 amide bonds. The van der Waals surface area contributed by atoms with Crippen LogP contribution in [0.4, 0.5) is 5.69 Å². The monoisotopic (exact) mass is 267 g/mol. The molecule has 6 heteroatoms. The Kier molecular flexibility index (Phi) is 5.29. The highest BCUT2D eigenvalue weighted by atomic mass is 16.6. The van der Waals surface area contributed by atoms with E-state index in [0.717, 1.165) is 5.56 Å². The summed E-state index contributed by atoms with van der Waals surface area (Å²) < 4.78 is 10.3. The van der Waals surface area contributed by atoms with Gasteiger partial charge in [-0.1, -0.05) is 13.0 Å². The number of hydrogen-bond donors (Lipinski definition) is 0. The van der Waals surface area contributed by atoms with Crippen molar-refractivity contribution >= 4 is 11.7 Å². The zero-order valence-corrected chi connectivity index (χ0v) is 11.2. The maximum absolute atomic E-state index is 11.6. The summed E-state index contributed by atoms with van der Waals surface area (Å²) in [5.74, 6) is -0.435. The molecule has 19 heavy (non-hydrogen) atoms. The lowest BCUT2D eigenvalue weighted by Crippen LogP contribution is -2.28. The van der Waals surface area contributed by atoms with Crippen LogP contribution in [0.25, 0.3) is 0 Å². The van der Waals surface area contributed by atoms with Crippen LogP contribution < -0.4 is 4.74 Å². The molecule has 1 atom stereocenters. The molecule has 0 aliphatic rings. The summed E-state index contributed by atoms with van der Waals surface area (Å²) in [5.41, 5.74) is 0.603. The zero-order chi connectivity index (χ0) is 14.4. The van der Waals surface area contributed by atoms with E-state index >= 15 is 0 Å². The van der Waals surface area contributed by atoms with E-state index in [4.69, 9.17) is 9.47 Å². The number of rotatable bonds is 6. The second kappa shape index (κ2) is 6.72. The normalized spacial score (nSPS) is 11.7. The molecule has 0 aromatic heterocycles. The Labute approximate surface area is 111 Å². The van der Waals surface area contributed by atoms with Crippen LogP contribution in [0, 0.1) is 17.0 Å². The van der Waals surface area contributed by atoms with Crippen molar-refractivity contribution in [3.8, 4) is 5.75 Å². The van der Waals surface area contributed by atoms with Crippen LogP contribution in [-0.4, -0.2) is 23.6 Å². The molecule has 1 aromatic rings. The zero-order valence-electron chi connectivity index (χ0n) is 11.2. The van der Waals surface area contributed by atoms with Gasteiger partial charge < -0.3 is 9.47 Å². The SMILES string of the molecule is CCOC(=O)C(CC)Oc1ccc(C)cc1[N+](=O)[O-]. The average Bonchev–Trinajstić information content (AvgIpc) is 2.37. The van der Waals surface area contributed by atoms with Crippen molar-refractivity contribution in [2.24, 2.45) is 0 Å². The third kappa shape index (κ3) is 3.94. The van der Waals surface area contributed by atoms with Crippen LogP contribution in [-0.2, 0) is 9.53 Å². The highest BCUT2D eigenvalue weighted by Crippen LogP contribution is 2.29. The van der Waals surface area contributed by atoms with E-state index in [-0.39, 0.29) is 18.0 Å². The molecule has 0 bridgehead atoms. The van der Waals surface area contributed by atoms with Crippen LogP contribution in [0.15, 0.2) is 18.2 Å². The van der Waals surface area contributed by atoms with Crippen molar-refractivity contribution < 1.29 is 19.2 Å². The molecule has 0 aliphatic heterocycles. The van der Waals surface area contributed by atoms with Gasteiger partial charge in [-0.05, 0) is 31.9 Å². The number of carbonyl (C=O) groups excluding carboxylic acids is 1. The minimum Gasteiger partial charge on any atom is -0.472 e. The Morgan fingerprint density at radius 3 is 2.63 bits per heavy atom. The number of nitrogens with zero attached hydrogens (tertiary/aromatic N) is 1. The third-order valence-electron chi connectivity index (χ3n) is 2.50.